The van der Waals surface area contributed by atoms with Gasteiger partial charge in [-0.25, -0.2) is 0 Å². The molecule has 0 spiro atoms. The van der Waals surface area contributed by atoms with E-state index in [1.807, 2.05) is 59.6 Å². The van der Waals surface area contributed by atoms with Gasteiger partial charge in [0.15, 0.2) is 0 Å². The highest BCUT2D eigenvalue weighted by Gasteiger charge is 2.26. The molecule has 172 valence electrons. The lowest BCUT2D eigenvalue weighted by atomic mass is 9.90. The molecule has 0 unspecified atom stereocenters. The van der Waals surface area contributed by atoms with E-state index in [0.717, 1.165) is 65.9 Å². The van der Waals surface area contributed by atoms with E-state index in [4.69, 9.17) is 4.74 Å². The van der Waals surface area contributed by atoms with Gasteiger partial charge in [0.05, 0.1) is 12.6 Å². The average molecular weight is 451 g/mol. The summed E-state index contributed by atoms with van der Waals surface area (Å²) in [4.78, 5) is 20.2. The predicted molar refractivity (Wildman–Crippen MR) is 137 cm³/mol. The molecule has 0 aliphatic carbocycles. The van der Waals surface area contributed by atoms with Gasteiger partial charge < -0.3 is 9.64 Å². The van der Waals surface area contributed by atoms with Gasteiger partial charge in [-0.1, -0.05) is 42.5 Å². The number of hydrogen-bond acceptors (Lipinski definition) is 3. The largest absolute Gasteiger partial charge is 0.497 e. The maximum absolute atomic E-state index is 13.6. The Morgan fingerprint density at radius 2 is 1.88 bits per heavy atom. The van der Waals surface area contributed by atoms with Crippen LogP contribution in [0.4, 0.5) is 0 Å². The van der Waals surface area contributed by atoms with Crippen LogP contribution in [0.25, 0.3) is 22.0 Å². The molecular weight excluding hydrogens is 420 g/mol. The molecule has 3 aromatic carbocycles. The number of methoxy groups -OCH3 is 1. The Morgan fingerprint density at radius 3 is 2.71 bits per heavy atom. The van der Waals surface area contributed by atoms with Crippen molar-refractivity contribution in [3.63, 3.8) is 0 Å². The van der Waals surface area contributed by atoms with Crippen molar-refractivity contribution < 1.29 is 9.53 Å². The van der Waals surface area contributed by atoms with E-state index < -0.39 is 0 Å². The Hall–Kier alpha value is -3.66. The number of carbonyl (C=O) groups excluding carboxylic acids is 1. The summed E-state index contributed by atoms with van der Waals surface area (Å²) < 4.78 is 5.29. The second-order valence-corrected chi connectivity index (χ2v) is 9.21. The Bertz CT molecular complexity index is 1310. The first-order valence-electron chi connectivity index (χ1n) is 12.0. The first kappa shape index (κ1) is 22.1. The lowest BCUT2D eigenvalue weighted by molar-refractivity contribution is 0.0672. The smallest absolute Gasteiger partial charge is 0.254 e. The Morgan fingerprint density at radius 1 is 1.06 bits per heavy atom. The third-order valence-electron chi connectivity index (χ3n) is 6.94. The average Bonchev–Trinajstić information content (AvgIpc) is 2.89. The minimum atomic E-state index is 0.134. The van der Waals surface area contributed by atoms with Gasteiger partial charge in [0.1, 0.15) is 5.75 Å². The van der Waals surface area contributed by atoms with Crippen LogP contribution in [0.15, 0.2) is 79.0 Å². The first-order chi connectivity index (χ1) is 16.6. The second kappa shape index (κ2) is 9.68. The molecule has 4 nitrogen and oxygen atoms in total. The van der Waals surface area contributed by atoms with Crippen molar-refractivity contribution in [2.45, 2.75) is 26.2 Å². The highest BCUT2D eigenvalue weighted by molar-refractivity contribution is 5.97. The van der Waals surface area contributed by atoms with E-state index >= 15 is 0 Å². The summed E-state index contributed by atoms with van der Waals surface area (Å²) in [5.74, 6) is 1.41. The summed E-state index contributed by atoms with van der Waals surface area (Å²) >= 11 is 0. The predicted octanol–water partition coefficient (Wildman–Crippen LogP) is 6.31. The van der Waals surface area contributed by atoms with Gasteiger partial charge in [0.25, 0.3) is 5.91 Å². The molecular formula is C30H30N2O2. The van der Waals surface area contributed by atoms with Crippen molar-refractivity contribution in [2.24, 2.45) is 5.92 Å². The van der Waals surface area contributed by atoms with E-state index in [9.17, 15) is 4.79 Å². The number of likely N-dealkylation sites (tertiary alicyclic amines) is 1. The molecule has 0 saturated carbocycles. The lowest BCUT2D eigenvalue weighted by Crippen LogP contribution is -2.40. The van der Waals surface area contributed by atoms with Crippen molar-refractivity contribution in [3.8, 4) is 16.9 Å². The van der Waals surface area contributed by atoms with Crippen molar-refractivity contribution in [1.29, 1.82) is 0 Å². The molecule has 1 atom stereocenters. The van der Waals surface area contributed by atoms with Gasteiger partial charge in [-0.05, 0) is 84.7 Å². The second-order valence-electron chi connectivity index (χ2n) is 9.21. The van der Waals surface area contributed by atoms with Crippen molar-refractivity contribution in [3.05, 3.63) is 95.7 Å². The van der Waals surface area contributed by atoms with Crippen LogP contribution < -0.4 is 4.74 Å². The Labute approximate surface area is 201 Å². The molecule has 4 heteroatoms. The monoisotopic (exact) mass is 450 g/mol. The molecule has 34 heavy (non-hydrogen) atoms. The van der Waals surface area contributed by atoms with E-state index in [1.165, 1.54) is 10.9 Å². The number of pyridine rings is 1. The van der Waals surface area contributed by atoms with Gasteiger partial charge in [-0.2, -0.15) is 0 Å². The van der Waals surface area contributed by atoms with Crippen LogP contribution in [-0.2, 0) is 6.42 Å². The number of fused-ring (bicyclic) bond motifs is 1. The standard InChI is InChI=1S/C30H30N2O2/c1-21-27(24-12-14-26(34-2)15-13-24)9-5-10-28(21)30(33)32-16-6-7-22(20-32)17-23-18-25-8-3-4-11-29(25)31-19-23/h3-5,8-15,18-19,22H,6-7,16-17,20H2,1-2H3/t22-/m1/s1. The number of benzene rings is 3. The highest BCUT2D eigenvalue weighted by Crippen LogP contribution is 2.29. The summed E-state index contributed by atoms with van der Waals surface area (Å²) in [6.07, 6.45) is 5.12. The number of piperidine rings is 1. The number of amides is 1. The van der Waals surface area contributed by atoms with Gasteiger partial charge >= 0.3 is 0 Å². The number of nitrogens with zero attached hydrogens (tertiary/aromatic N) is 2. The number of aromatic nitrogens is 1. The molecule has 1 fully saturated rings. The molecule has 0 N–H and O–H groups in total. The van der Waals surface area contributed by atoms with Crippen LogP contribution >= 0.6 is 0 Å². The van der Waals surface area contributed by atoms with Crippen molar-refractivity contribution in [1.82, 2.24) is 9.88 Å². The van der Waals surface area contributed by atoms with Gasteiger partial charge in [-0.15, -0.1) is 0 Å². The fourth-order valence-electron chi connectivity index (χ4n) is 5.10. The first-order valence-corrected chi connectivity index (χ1v) is 12.0. The van der Waals surface area contributed by atoms with E-state index in [-0.39, 0.29) is 5.91 Å². The van der Waals surface area contributed by atoms with Gasteiger partial charge in [0, 0.05) is 30.2 Å². The summed E-state index contributed by atoms with van der Waals surface area (Å²) in [6, 6.07) is 24.5. The fourth-order valence-corrected chi connectivity index (χ4v) is 5.10. The third kappa shape index (κ3) is 4.54. The van der Waals surface area contributed by atoms with Crippen LogP contribution in [0.3, 0.4) is 0 Å². The molecule has 1 aliphatic heterocycles. The van der Waals surface area contributed by atoms with Crippen LogP contribution in [0.2, 0.25) is 0 Å². The number of carbonyl (C=O) groups is 1. The number of hydrogen-bond donors (Lipinski definition) is 0. The summed E-state index contributed by atoms with van der Waals surface area (Å²) in [5, 5.41) is 1.18. The van der Waals surface area contributed by atoms with Crippen molar-refractivity contribution in [2.75, 3.05) is 20.2 Å². The zero-order chi connectivity index (χ0) is 23.5. The molecule has 1 aromatic heterocycles. The topological polar surface area (TPSA) is 42.4 Å². The fraction of sp³-hybridized carbons (Fsp3) is 0.267. The van der Waals surface area contributed by atoms with Crippen LogP contribution in [-0.4, -0.2) is 36.0 Å². The zero-order valence-corrected chi connectivity index (χ0v) is 19.8. The molecule has 2 heterocycles. The quantitative estimate of drug-likeness (QED) is 0.358. The van der Waals surface area contributed by atoms with E-state index in [2.05, 4.69) is 36.2 Å². The maximum atomic E-state index is 13.6. The summed E-state index contributed by atoms with van der Waals surface area (Å²) in [6.45, 7) is 3.66. The van der Waals surface area contributed by atoms with E-state index in [1.54, 1.807) is 7.11 Å². The molecule has 1 aliphatic rings. The Kier molecular flexibility index (Phi) is 6.31. The van der Waals surface area contributed by atoms with Crippen molar-refractivity contribution >= 4 is 16.8 Å². The molecule has 4 aromatic rings. The molecule has 1 amide bonds. The normalized spacial score (nSPS) is 15.9. The lowest BCUT2D eigenvalue weighted by Gasteiger charge is -2.33. The molecule has 5 rings (SSSR count). The molecule has 0 bridgehead atoms. The van der Waals surface area contributed by atoms with Gasteiger partial charge in [-0.3, -0.25) is 9.78 Å². The molecule has 0 radical (unpaired) electrons. The van der Waals surface area contributed by atoms with Crippen LogP contribution in [0.1, 0.15) is 34.3 Å². The van der Waals surface area contributed by atoms with Gasteiger partial charge in [0.2, 0.25) is 0 Å². The number of rotatable bonds is 5. The minimum Gasteiger partial charge on any atom is -0.497 e. The number of para-hydroxylation sites is 1. The van der Waals surface area contributed by atoms with Crippen LogP contribution in [0.5, 0.6) is 5.75 Å². The van der Waals surface area contributed by atoms with E-state index in [0.29, 0.717) is 5.92 Å². The maximum Gasteiger partial charge on any atom is 0.254 e. The third-order valence-corrected chi connectivity index (χ3v) is 6.94. The summed E-state index contributed by atoms with van der Waals surface area (Å²) in [7, 11) is 1.67. The minimum absolute atomic E-state index is 0.134. The van der Waals surface area contributed by atoms with Crippen LogP contribution in [0, 0.1) is 12.8 Å². The molecule has 1 saturated heterocycles. The number of ether oxygens (including phenoxy) is 1. The highest BCUT2D eigenvalue weighted by atomic mass is 16.5. The zero-order valence-electron chi connectivity index (χ0n) is 19.8. The summed E-state index contributed by atoms with van der Waals surface area (Å²) in [5.41, 5.74) is 6.27. The SMILES string of the molecule is COc1ccc(-c2cccc(C(=O)N3CCC[C@H](Cc4cnc5ccccc5c4)C3)c2C)cc1. The Balaban J connectivity index is 1.33.